The first kappa shape index (κ1) is 24.6. The Labute approximate surface area is 188 Å². The van der Waals surface area contributed by atoms with Gasteiger partial charge in [0.25, 0.3) is 5.56 Å². The van der Waals surface area contributed by atoms with Crippen molar-refractivity contribution in [3.63, 3.8) is 0 Å². The van der Waals surface area contributed by atoms with Crippen molar-refractivity contribution in [1.82, 2.24) is 19.5 Å². The van der Waals surface area contributed by atoms with E-state index in [0.29, 0.717) is 0 Å². The summed E-state index contributed by atoms with van der Waals surface area (Å²) in [6.45, 7) is 3.54. The molecule has 1 fully saturated rings. The van der Waals surface area contributed by atoms with E-state index in [4.69, 9.17) is 25.7 Å². The molecule has 0 spiro atoms. The lowest BCUT2D eigenvalue weighted by molar-refractivity contribution is -0.152. The smallest absolute Gasteiger partial charge is 0.323 e. The van der Waals surface area contributed by atoms with E-state index in [0.717, 1.165) is 6.42 Å². The second-order valence-electron chi connectivity index (χ2n) is 8.02. The molecule has 5 N–H and O–H groups in total. The lowest BCUT2D eigenvalue weighted by atomic mass is 10.0. The number of carbonyl (C=O) groups is 2. The van der Waals surface area contributed by atoms with Crippen molar-refractivity contribution in [2.75, 3.05) is 18.9 Å². The van der Waals surface area contributed by atoms with E-state index in [1.165, 1.54) is 10.9 Å². The van der Waals surface area contributed by atoms with Gasteiger partial charge >= 0.3 is 11.9 Å². The first-order valence-electron chi connectivity index (χ1n) is 10.8. The molecule has 0 aliphatic carbocycles. The maximum Gasteiger partial charge on any atom is 0.323 e. The molecular formula is C20H29FN6O6. The fourth-order valence-electron chi connectivity index (χ4n) is 3.38. The molecule has 33 heavy (non-hydrogen) atoms. The number of ether oxygens (including phenoxy) is 3. The van der Waals surface area contributed by atoms with E-state index >= 15 is 0 Å². The molecule has 0 bridgehead atoms. The van der Waals surface area contributed by atoms with Crippen molar-refractivity contribution >= 4 is 29.1 Å². The molecule has 2 aromatic rings. The van der Waals surface area contributed by atoms with E-state index in [-0.39, 0.29) is 55.5 Å². The maximum atomic E-state index is 14.5. The summed E-state index contributed by atoms with van der Waals surface area (Å²) < 4.78 is 31.8. The molecule has 0 aromatic carbocycles. The van der Waals surface area contributed by atoms with Gasteiger partial charge in [-0.3, -0.25) is 23.9 Å². The van der Waals surface area contributed by atoms with Crippen molar-refractivity contribution in [3.05, 3.63) is 16.7 Å². The Kier molecular flexibility index (Phi) is 7.97. The summed E-state index contributed by atoms with van der Waals surface area (Å²) in [5.74, 6) is -1.17. The number of halogens is 1. The van der Waals surface area contributed by atoms with Crippen molar-refractivity contribution in [1.29, 1.82) is 0 Å². The first-order valence-corrected chi connectivity index (χ1v) is 10.8. The summed E-state index contributed by atoms with van der Waals surface area (Å²) in [4.78, 5) is 46.0. The molecule has 1 aliphatic heterocycles. The minimum absolute atomic E-state index is 0.000452. The number of nitrogen functional groups attached to an aromatic ring is 1. The normalized spacial score (nSPS) is 22.2. The molecule has 12 nitrogen and oxygen atoms in total. The van der Waals surface area contributed by atoms with Crippen LogP contribution in [0, 0.1) is 5.92 Å². The topological polar surface area (TPSA) is 177 Å². The Hall–Kier alpha value is -3.06. The van der Waals surface area contributed by atoms with Crippen LogP contribution >= 0.6 is 0 Å². The highest BCUT2D eigenvalue weighted by Crippen LogP contribution is 2.32. The standard InChI is InChI=1S/C20H29FN6O6/c1-3-10(2)15(22)19(30)31-6-4-5-14(28)32-8-12-11(21)7-13(33-12)27-9-24-16-17(27)25-20(23)26-18(16)29/h9-13,15H,3-8,22H2,1-2H3,(H3,23,25,26,29)/t10-,11-,12+,13+,15-/m0/s1. The number of nitrogens with two attached hydrogens (primary N) is 2. The predicted molar refractivity (Wildman–Crippen MR) is 115 cm³/mol. The molecule has 1 aliphatic rings. The number of aromatic amines is 1. The number of alkyl halides is 1. The van der Waals surface area contributed by atoms with Gasteiger partial charge in [-0.2, -0.15) is 4.98 Å². The first-order chi connectivity index (χ1) is 15.7. The van der Waals surface area contributed by atoms with Crippen molar-refractivity contribution in [3.8, 4) is 0 Å². The van der Waals surface area contributed by atoms with Gasteiger partial charge in [-0.15, -0.1) is 0 Å². The fraction of sp³-hybridized carbons (Fsp3) is 0.650. The van der Waals surface area contributed by atoms with Gasteiger partial charge in [0.1, 0.15) is 31.2 Å². The number of esters is 2. The zero-order valence-corrected chi connectivity index (χ0v) is 18.5. The number of hydrogen-bond acceptors (Lipinski definition) is 10. The number of hydrogen-bond donors (Lipinski definition) is 3. The van der Waals surface area contributed by atoms with Gasteiger partial charge in [-0.25, -0.2) is 9.37 Å². The molecular weight excluding hydrogens is 439 g/mol. The van der Waals surface area contributed by atoms with E-state index < -0.39 is 42.0 Å². The van der Waals surface area contributed by atoms with E-state index in [2.05, 4.69) is 15.0 Å². The quantitative estimate of drug-likeness (QED) is 0.330. The van der Waals surface area contributed by atoms with Gasteiger partial charge in [0.15, 0.2) is 11.2 Å². The van der Waals surface area contributed by atoms with E-state index in [1.807, 2.05) is 13.8 Å². The zero-order chi connectivity index (χ0) is 24.1. The number of aromatic nitrogens is 4. The van der Waals surface area contributed by atoms with Gasteiger partial charge in [0.05, 0.1) is 12.9 Å². The molecule has 2 aromatic heterocycles. The van der Waals surface area contributed by atoms with Crippen LogP contribution in [0.3, 0.4) is 0 Å². The van der Waals surface area contributed by atoms with Crippen LogP contribution in [0.1, 0.15) is 45.8 Å². The van der Waals surface area contributed by atoms with E-state index in [1.54, 1.807) is 0 Å². The average molecular weight is 468 g/mol. The number of nitrogens with zero attached hydrogens (tertiary/aromatic N) is 3. The van der Waals surface area contributed by atoms with Crippen LogP contribution in [-0.4, -0.2) is 63.0 Å². The number of rotatable bonds is 10. The number of H-pyrrole nitrogens is 1. The fourth-order valence-corrected chi connectivity index (χ4v) is 3.38. The van der Waals surface area contributed by atoms with Crippen LogP contribution in [0.2, 0.25) is 0 Å². The third-order valence-corrected chi connectivity index (χ3v) is 5.63. The lowest BCUT2D eigenvalue weighted by Crippen LogP contribution is -2.38. The second kappa shape index (κ2) is 10.7. The van der Waals surface area contributed by atoms with Gasteiger partial charge in [0, 0.05) is 12.8 Å². The Bertz CT molecular complexity index is 1040. The minimum atomic E-state index is -1.40. The van der Waals surface area contributed by atoms with Crippen LogP contribution in [0.15, 0.2) is 11.1 Å². The van der Waals surface area contributed by atoms with Gasteiger partial charge < -0.3 is 25.7 Å². The molecule has 3 heterocycles. The van der Waals surface area contributed by atoms with Gasteiger partial charge in [-0.1, -0.05) is 20.3 Å². The molecule has 13 heteroatoms. The van der Waals surface area contributed by atoms with Crippen LogP contribution in [0.4, 0.5) is 10.3 Å². The van der Waals surface area contributed by atoms with Crippen molar-refractivity contribution < 1.29 is 28.2 Å². The van der Waals surface area contributed by atoms with Gasteiger partial charge in [-0.05, 0) is 12.3 Å². The third kappa shape index (κ3) is 5.85. The molecule has 182 valence electrons. The number of carbonyl (C=O) groups excluding carboxylic acids is 2. The summed E-state index contributed by atoms with van der Waals surface area (Å²) >= 11 is 0. The highest BCUT2D eigenvalue weighted by Gasteiger charge is 2.38. The number of anilines is 1. The molecule has 0 amide bonds. The Morgan fingerprint density at radius 1 is 1.42 bits per heavy atom. The SMILES string of the molecule is CC[C@H](C)[C@H](N)C(=O)OCCCC(=O)OC[C@H]1O[C@@H](n2cnc3c(=O)[nH]c(N)nc32)C[C@@H]1F. The van der Waals surface area contributed by atoms with Crippen LogP contribution in [-0.2, 0) is 23.8 Å². The van der Waals surface area contributed by atoms with Crippen LogP contribution < -0.4 is 17.0 Å². The van der Waals surface area contributed by atoms with Crippen LogP contribution in [0.25, 0.3) is 11.2 Å². The molecule has 0 radical (unpaired) electrons. The Morgan fingerprint density at radius 2 is 2.18 bits per heavy atom. The summed E-state index contributed by atoms with van der Waals surface area (Å²) in [6, 6.07) is -0.700. The van der Waals surface area contributed by atoms with E-state index in [9.17, 15) is 18.8 Å². The lowest BCUT2D eigenvalue weighted by Gasteiger charge is -2.17. The highest BCUT2D eigenvalue weighted by atomic mass is 19.1. The monoisotopic (exact) mass is 468 g/mol. The number of fused-ring (bicyclic) bond motifs is 1. The number of nitrogens with one attached hydrogen (secondary N) is 1. The summed E-state index contributed by atoms with van der Waals surface area (Å²) in [6.07, 6.45) is -0.866. The molecule has 0 saturated carbocycles. The molecule has 0 unspecified atom stereocenters. The third-order valence-electron chi connectivity index (χ3n) is 5.63. The molecule has 3 rings (SSSR count). The number of imidazole rings is 1. The highest BCUT2D eigenvalue weighted by molar-refractivity contribution is 5.76. The summed E-state index contributed by atoms with van der Waals surface area (Å²) in [7, 11) is 0. The maximum absolute atomic E-state index is 14.5. The summed E-state index contributed by atoms with van der Waals surface area (Å²) in [5.41, 5.74) is 11.1. The Morgan fingerprint density at radius 3 is 2.91 bits per heavy atom. The molecule has 5 atom stereocenters. The average Bonchev–Trinajstić information content (AvgIpc) is 3.37. The Balaban J connectivity index is 1.44. The predicted octanol–water partition coefficient (Wildman–Crippen LogP) is 0.567. The van der Waals surface area contributed by atoms with Crippen molar-refractivity contribution in [2.45, 2.75) is 64.1 Å². The zero-order valence-electron chi connectivity index (χ0n) is 18.5. The minimum Gasteiger partial charge on any atom is -0.465 e. The molecule has 1 saturated heterocycles. The summed E-state index contributed by atoms with van der Waals surface area (Å²) in [5, 5.41) is 0. The second-order valence-corrected chi connectivity index (χ2v) is 8.02. The van der Waals surface area contributed by atoms with Gasteiger partial charge in [0.2, 0.25) is 5.95 Å². The largest absolute Gasteiger partial charge is 0.465 e. The van der Waals surface area contributed by atoms with Crippen LogP contribution in [0.5, 0.6) is 0 Å². The van der Waals surface area contributed by atoms with Crippen molar-refractivity contribution in [2.24, 2.45) is 11.7 Å².